The van der Waals surface area contributed by atoms with E-state index in [1.807, 2.05) is 0 Å². The fraction of sp³-hybridized carbons (Fsp3) is 0.462. The van der Waals surface area contributed by atoms with Crippen molar-refractivity contribution < 1.29 is 24.1 Å². The van der Waals surface area contributed by atoms with Crippen molar-refractivity contribution in [1.82, 2.24) is 0 Å². The highest BCUT2D eigenvalue weighted by molar-refractivity contribution is 8.00. The first-order chi connectivity index (χ1) is 9.17. The number of carbonyl (C=O) groups excluding carboxylic acids is 1. The Balaban J connectivity index is 2.98. The van der Waals surface area contributed by atoms with E-state index in [9.17, 15) is 4.79 Å². The van der Waals surface area contributed by atoms with Gasteiger partial charge in [-0.1, -0.05) is 0 Å². The van der Waals surface area contributed by atoms with Crippen LogP contribution in [0, 0.1) is 0 Å². The number of benzene rings is 1. The highest BCUT2D eigenvalue weighted by Crippen LogP contribution is 2.38. The first-order valence-corrected chi connectivity index (χ1v) is 6.85. The molecule has 1 aromatic carbocycles. The summed E-state index contributed by atoms with van der Waals surface area (Å²) in [5.74, 6) is 2.17. The molecule has 0 fully saturated rings. The van der Waals surface area contributed by atoms with Crippen LogP contribution in [0.25, 0.3) is 0 Å². The molecule has 1 N–H and O–H groups in total. The monoisotopic (exact) mass is 286 g/mol. The molecule has 0 aliphatic heterocycles. The van der Waals surface area contributed by atoms with Gasteiger partial charge in [0.15, 0.2) is 17.3 Å². The number of methoxy groups -OCH3 is 3. The Kier molecular flexibility index (Phi) is 6.52. The van der Waals surface area contributed by atoms with Crippen LogP contribution >= 0.6 is 11.8 Å². The van der Waals surface area contributed by atoms with Crippen molar-refractivity contribution in [1.29, 1.82) is 0 Å². The summed E-state index contributed by atoms with van der Waals surface area (Å²) in [6.07, 6.45) is 0. The fourth-order valence-electron chi connectivity index (χ4n) is 1.55. The number of rotatable bonds is 8. The molecule has 0 aromatic heterocycles. The Labute approximate surface area is 116 Å². The van der Waals surface area contributed by atoms with Crippen LogP contribution in [-0.4, -0.2) is 50.3 Å². The zero-order valence-corrected chi connectivity index (χ0v) is 12.1. The summed E-state index contributed by atoms with van der Waals surface area (Å²) in [5, 5.41) is 8.69. The number of Topliss-reactive ketones (excluding diaryl/α,β-unsaturated/α-hetero) is 1. The van der Waals surface area contributed by atoms with Gasteiger partial charge in [0.25, 0.3) is 0 Å². The number of thioether (sulfide) groups is 1. The number of aliphatic hydroxyl groups is 1. The van der Waals surface area contributed by atoms with Gasteiger partial charge in [0.2, 0.25) is 5.75 Å². The van der Waals surface area contributed by atoms with Crippen LogP contribution in [-0.2, 0) is 0 Å². The summed E-state index contributed by atoms with van der Waals surface area (Å²) in [5.41, 5.74) is 0.500. The average Bonchev–Trinajstić information content (AvgIpc) is 2.45. The van der Waals surface area contributed by atoms with Gasteiger partial charge >= 0.3 is 0 Å². The second-order valence-corrected chi connectivity index (χ2v) is 4.72. The molecule has 0 radical (unpaired) electrons. The first-order valence-electron chi connectivity index (χ1n) is 5.69. The molecule has 0 saturated carbocycles. The number of aliphatic hydroxyl groups excluding tert-OH is 1. The van der Waals surface area contributed by atoms with Gasteiger partial charge in [-0.25, -0.2) is 0 Å². The minimum atomic E-state index is -0.0438. The molecular formula is C13H18O5S. The second kappa shape index (κ2) is 7.91. The Morgan fingerprint density at radius 2 is 1.74 bits per heavy atom. The lowest BCUT2D eigenvalue weighted by Gasteiger charge is -2.13. The Bertz CT molecular complexity index is 408. The van der Waals surface area contributed by atoms with E-state index in [0.29, 0.717) is 34.3 Å². The largest absolute Gasteiger partial charge is 0.493 e. The van der Waals surface area contributed by atoms with E-state index >= 15 is 0 Å². The van der Waals surface area contributed by atoms with Gasteiger partial charge in [0, 0.05) is 11.3 Å². The maximum atomic E-state index is 12.0. The molecule has 0 heterocycles. The summed E-state index contributed by atoms with van der Waals surface area (Å²) < 4.78 is 15.6. The van der Waals surface area contributed by atoms with Crippen molar-refractivity contribution in [3.8, 4) is 17.2 Å². The van der Waals surface area contributed by atoms with E-state index < -0.39 is 0 Å². The normalized spacial score (nSPS) is 10.1. The smallest absolute Gasteiger partial charge is 0.203 e. The highest BCUT2D eigenvalue weighted by Gasteiger charge is 2.16. The van der Waals surface area contributed by atoms with E-state index in [-0.39, 0.29) is 12.4 Å². The van der Waals surface area contributed by atoms with Crippen LogP contribution in [0.2, 0.25) is 0 Å². The lowest BCUT2D eigenvalue weighted by Crippen LogP contribution is -2.06. The molecular weight excluding hydrogens is 268 g/mol. The number of hydrogen-bond acceptors (Lipinski definition) is 6. The zero-order valence-electron chi connectivity index (χ0n) is 11.3. The number of carbonyl (C=O) groups is 1. The quantitative estimate of drug-likeness (QED) is 0.579. The van der Waals surface area contributed by atoms with Gasteiger partial charge in [-0.3, -0.25) is 4.79 Å². The summed E-state index contributed by atoms with van der Waals surface area (Å²) >= 11 is 1.38. The minimum absolute atomic E-state index is 0.0438. The molecule has 0 unspecified atom stereocenters. The first kappa shape index (κ1) is 15.7. The standard InChI is InChI=1S/C13H18O5S/c1-16-11-6-9(10(15)8-19-5-4-14)7-12(17-2)13(11)18-3/h6-7,14H,4-5,8H2,1-3H3. The molecule has 6 heteroatoms. The molecule has 5 nitrogen and oxygen atoms in total. The number of ether oxygens (including phenoxy) is 3. The molecule has 1 aromatic rings. The van der Waals surface area contributed by atoms with Crippen LogP contribution in [0.15, 0.2) is 12.1 Å². The SMILES string of the molecule is COc1cc(C(=O)CSCCO)cc(OC)c1OC. The summed E-state index contributed by atoms with van der Waals surface area (Å²) in [7, 11) is 4.52. The van der Waals surface area contributed by atoms with E-state index in [1.165, 1.54) is 33.1 Å². The van der Waals surface area contributed by atoms with E-state index in [4.69, 9.17) is 19.3 Å². The van der Waals surface area contributed by atoms with Crippen LogP contribution in [0.1, 0.15) is 10.4 Å². The van der Waals surface area contributed by atoms with Crippen LogP contribution in [0.3, 0.4) is 0 Å². The number of hydrogen-bond donors (Lipinski definition) is 1. The fourth-order valence-corrected chi connectivity index (χ4v) is 2.18. The van der Waals surface area contributed by atoms with Crippen LogP contribution in [0.5, 0.6) is 17.2 Å². The maximum Gasteiger partial charge on any atom is 0.203 e. The molecule has 0 amide bonds. The van der Waals surface area contributed by atoms with Gasteiger partial charge in [0.1, 0.15) is 0 Å². The van der Waals surface area contributed by atoms with Gasteiger partial charge in [-0.05, 0) is 12.1 Å². The zero-order chi connectivity index (χ0) is 14.3. The summed E-state index contributed by atoms with van der Waals surface area (Å²) in [6, 6.07) is 3.26. The molecule has 106 valence electrons. The van der Waals surface area contributed by atoms with E-state index in [2.05, 4.69) is 0 Å². The summed E-state index contributed by atoms with van der Waals surface area (Å²) in [4.78, 5) is 12.0. The highest BCUT2D eigenvalue weighted by atomic mass is 32.2. The molecule has 0 atom stereocenters. The topological polar surface area (TPSA) is 65.0 Å². The third kappa shape index (κ3) is 4.04. The van der Waals surface area contributed by atoms with Crippen molar-refractivity contribution in [3.05, 3.63) is 17.7 Å². The van der Waals surface area contributed by atoms with Gasteiger partial charge in [0.05, 0.1) is 33.7 Å². The van der Waals surface area contributed by atoms with Crippen molar-refractivity contribution in [2.24, 2.45) is 0 Å². The van der Waals surface area contributed by atoms with Gasteiger partial charge < -0.3 is 19.3 Å². The lowest BCUT2D eigenvalue weighted by molar-refractivity contribution is 0.102. The third-order valence-corrected chi connectivity index (χ3v) is 3.39. The molecule has 1 rings (SSSR count). The average molecular weight is 286 g/mol. The molecule has 0 saturated heterocycles. The number of ketones is 1. The van der Waals surface area contributed by atoms with Crippen LogP contribution in [0.4, 0.5) is 0 Å². The van der Waals surface area contributed by atoms with E-state index in [1.54, 1.807) is 12.1 Å². The van der Waals surface area contributed by atoms with Crippen molar-refractivity contribution >= 4 is 17.5 Å². The second-order valence-electron chi connectivity index (χ2n) is 3.61. The van der Waals surface area contributed by atoms with E-state index in [0.717, 1.165) is 0 Å². The van der Waals surface area contributed by atoms with Gasteiger partial charge in [-0.2, -0.15) is 11.8 Å². The lowest BCUT2D eigenvalue weighted by atomic mass is 10.1. The Hall–Kier alpha value is -1.40. The third-order valence-electron chi connectivity index (χ3n) is 2.46. The predicted octanol–water partition coefficient (Wildman–Crippen LogP) is 1.62. The maximum absolute atomic E-state index is 12.0. The Morgan fingerprint density at radius 3 is 2.16 bits per heavy atom. The van der Waals surface area contributed by atoms with Crippen LogP contribution < -0.4 is 14.2 Å². The molecule has 19 heavy (non-hydrogen) atoms. The molecule has 0 aliphatic rings. The molecule has 0 bridgehead atoms. The minimum Gasteiger partial charge on any atom is -0.493 e. The van der Waals surface area contributed by atoms with Crippen molar-refractivity contribution in [2.75, 3.05) is 39.4 Å². The van der Waals surface area contributed by atoms with Crippen molar-refractivity contribution in [3.63, 3.8) is 0 Å². The molecule has 0 aliphatic carbocycles. The van der Waals surface area contributed by atoms with Gasteiger partial charge in [-0.15, -0.1) is 0 Å². The predicted molar refractivity (Wildman–Crippen MR) is 74.8 cm³/mol. The van der Waals surface area contributed by atoms with Crippen molar-refractivity contribution in [2.45, 2.75) is 0 Å². The Morgan fingerprint density at radius 1 is 1.16 bits per heavy atom. The molecule has 0 spiro atoms. The summed E-state index contributed by atoms with van der Waals surface area (Å²) in [6.45, 7) is 0.0627.